The Labute approximate surface area is 105 Å². The van der Waals surface area contributed by atoms with E-state index >= 15 is 0 Å². The lowest BCUT2D eigenvalue weighted by molar-refractivity contribution is 0.464. The van der Waals surface area contributed by atoms with Crippen LogP contribution in [-0.2, 0) is 0 Å². The molecule has 1 unspecified atom stereocenters. The maximum atomic E-state index is 6.12. The normalized spacial score (nSPS) is 19.3. The Balaban J connectivity index is 2.18. The number of benzene rings is 1. The lowest BCUT2D eigenvalue weighted by atomic mass is 9.86. The van der Waals surface area contributed by atoms with Crippen molar-refractivity contribution in [3.63, 3.8) is 0 Å². The molecule has 0 bridgehead atoms. The molecule has 82 valence electrons. The van der Waals surface area contributed by atoms with Gasteiger partial charge in [-0.1, -0.05) is 40.9 Å². The molecule has 1 saturated carbocycles. The average molecular weight is 288 g/mol. The highest BCUT2D eigenvalue weighted by atomic mass is 79.9. The van der Waals surface area contributed by atoms with Crippen LogP contribution in [0.15, 0.2) is 28.7 Å². The van der Waals surface area contributed by atoms with Crippen LogP contribution in [0.3, 0.4) is 0 Å². The lowest BCUT2D eigenvalue weighted by Crippen LogP contribution is -2.11. The predicted octanol–water partition coefficient (Wildman–Crippen LogP) is 4.96. The quantitative estimate of drug-likeness (QED) is 0.689. The van der Waals surface area contributed by atoms with Gasteiger partial charge in [-0.05, 0) is 36.5 Å². The van der Waals surface area contributed by atoms with Crippen molar-refractivity contribution in [2.75, 3.05) is 5.88 Å². The summed E-state index contributed by atoms with van der Waals surface area (Å²) in [4.78, 5) is 0. The fraction of sp³-hybridized carbons (Fsp3) is 0.538. The minimum absolute atomic E-state index is 0.548. The molecule has 0 radical (unpaired) electrons. The van der Waals surface area contributed by atoms with Gasteiger partial charge in [-0.15, -0.1) is 11.6 Å². The maximum absolute atomic E-state index is 6.12. The molecule has 1 aromatic rings. The molecule has 0 aromatic heterocycles. The summed E-state index contributed by atoms with van der Waals surface area (Å²) in [5.41, 5.74) is 1.39. The van der Waals surface area contributed by atoms with Crippen molar-refractivity contribution in [2.24, 2.45) is 5.92 Å². The topological polar surface area (TPSA) is 0 Å². The van der Waals surface area contributed by atoms with Gasteiger partial charge in [-0.3, -0.25) is 0 Å². The van der Waals surface area contributed by atoms with Gasteiger partial charge in [-0.25, -0.2) is 0 Å². The van der Waals surface area contributed by atoms with Crippen LogP contribution < -0.4 is 0 Å². The Morgan fingerprint density at radius 2 is 2.07 bits per heavy atom. The number of alkyl halides is 1. The van der Waals surface area contributed by atoms with E-state index in [1.165, 1.54) is 31.2 Å². The molecule has 15 heavy (non-hydrogen) atoms. The summed E-state index contributed by atoms with van der Waals surface area (Å²) in [6.45, 7) is 0. The van der Waals surface area contributed by atoms with Crippen molar-refractivity contribution in [3.8, 4) is 0 Å². The molecule has 1 aliphatic carbocycles. The molecule has 0 N–H and O–H groups in total. The Hall–Kier alpha value is -0.0100. The molecule has 2 rings (SSSR count). The Kier molecular flexibility index (Phi) is 4.10. The van der Waals surface area contributed by atoms with Crippen LogP contribution in [0.25, 0.3) is 0 Å². The number of hydrogen-bond acceptors (Lipinski definition) is 0. The Morgan fingerprint density at radius 3 is 2.67 bits per heavy atom. The number of rotatable bonds is 3. The third-order valence-corrected chi connectivity index (χ3v) is 4.24. The van der Waals surface area contributed by atoms with Crippen LogP contribution in [0.5, 0.6) is 0 Å². The van der Waals surface area contributed by atoms with Gasteiger partial charge in [0.2, 0.25) is 0 Å². The van der Waals surface area contributed by atoms with Crippen molar-refractivity contribution in [1.82, 2.24) is 0 Å². The average Bonchev–Trinajstić information content (AvgIpc) is 2.72. The van der Waals surface area contributed by atoms with E-state index in [-0.39, 0.29) is 0 Å². The van der Waals surface area contributed by atoms with Gasteiger partial charge in [0.05, 0.1) is 0 Å². The first-order valence-electron chi connectivity index (χ1n) is 5.62. The van der Waals surface area contributed by atoms with E-state index in [9.17, 15) is 0 Å². The van der Waals surface area contributed by atoms with Crippen molar-refractivity contribution in [1.29, 1.82) is 0 Å². The van der Waals surface area contributed by atoms with E-state index in [1.807, 2.05) is 0 Å². The fourth-order valence-corrected chi connectivity index (χ4v) is 3.43. The maximum Gasteiger partial charge on any atom is 0.0294 e. The van der Waals surface area contributed by atoms with Crippen LogP contribution >= 0.6 is 27.5 Å². The van der Waals surface area contributed by atoms with Crippen molar-refractivity contribution >= 4 is 27.5 Å². The molecule has 1 aromatic carbocycles. The summed E-state index contributed by atoms with van der Waals surface area (Å²) in [5, 5.41) is 0. The molecule has 0 nitrogen and oxygen atoms in total. The van der Waals surface area contributed by atoms with Crippen LogP contribution in [0.2, 0.25) is 0 Å². The van der Waals surface area contributed by atoms with Gasteiger partial charge >= 0.3 is 0 Å². The van der Waals surface area contributed by atoms with Crippen molar-refractivity contribution in [3.05, 3.63) is 34.3 Å². The fourth-order valence-electron chi connectivity index (χ4n) is 2.58. The van der Waals surface area contributed by atoms with E-state index in [0.717, 1.165) is 16.3 Å². The van der Waals surface area contributed by atoms with Crippen molar-refractivity contribution < 1.29 is 0 Å². The van der Waals surface area contributed by atoms with Crippen LogP contribution in [0, 0.1) is 5.92 Å². The smallest absolute Gasteiger partial charge is 0.0294 e. The first kappa shape index (κ1) is 11.5. The molecule has 1 aliphatic rings. The number of halogens is 2. The summed E-state index contributed by atoms with van der Waals surface area (Å²) in [6.07, 6.45) is 5.46. The summed E-state index contributed by atoms with van der Waals surface area (Å²) >= 11 is 9.64. The molecular formula is C13H16BrCl. The van der Waals surface area contributed by atoms with Crippen LogP contribution in [0.4, 0.5) is 0 Å². The van der Waals surface area contributed by atoms with Crippen LogP contribution in [0.1, 0.15) is 37.2 Å². The minimum atomic E-state index is 0.548. The minimum Gasteiger partial charge on any atom is -0.126 e. The monoisotopic (exact) mass is 286 g/mol. The Bertz CT molecular complexity index is 318. The first-order chi connectivity index (χ1) is 7.31. The van der Waals surface area contributed by atoms with Gasteiger partial charge in [0.15, 0.2) is 0 Å². The molecule has 0 aliphatic heterocycles. The van der Waals surface area contributed by atoms with Crippen LogP contribution in [-0.4, -0.2) is 5.88 Å². The third-order valence-electron chi connectivity index (χ3n) is 3.41. The second-order valence-electron chi connectivity index (χ2n) is 4.36. The summed E-state index contributed by atoms with van der Waals surface area (Å²) in [7, 11) is 0. The molecule has 0 spiro atoms. The zero-order valence-electron chi connectivity index (χ0n) is 8.76. The Morgan fingerprint density at radius 1 is 1.33 bits per heavy atom. The van der Waals surface area contributed by atoms with Gasteiger partial charge in [-0.2, -0.15) is 0 Å². The largest absolute Gasteiger partial charge is 0.126 e. The standard InChI is InChI=1S/C13H16BrCl/c14-12-7-3-6-11(8-12)13(9-15)10-4-1-2-5-10/h3,6-8,10,13H,1-2,4-5,9H2. The highest BCUT2D eigenvalue weighted by Gasteiger charge is 2.25. The van der Waals surface area contributed by atoms with E-state index in [1.54, 1.807) is 0 Å². The molecule has 2 heteroatoms. The SMILES string of the molecule is ClCC(c1cccc(Br)c1)C1CCCC1. The second kappa shape index (κ2) is 5.36. The molecule has 1 atom stereocenters. The summed E-state index contributed by atoms with van der Waals surface area (Å²) in [6, 6.07) is 8.60. The lowest BCUT2D eigenvalue weighted by Gasteiger charge is -2.21. The predicted molar refractivity (Wildman–Crippen MR) is 69.6 cm³/mol. The van der Waals surface area contributed by atoms with Crippen molar-refractivity contribution in [2.45, 2.75) is 31.6 Å². The van der Waals surface area contributed by atoms with Gasteiger partial charge in [0.1, 0.15) is 0 Å². The molecule has 1 fully saturated rings. The van der Waals surface area contributed by atoms with E-state index < -0.39 is 0 Å². The molecule has 0 heterocycles. The number of hydrogen-bond donors (Lipinski definition) is 0. The van der Waals surface area contributed by atoms with Gasteiger partial charge < -0.3 is 0 Å². The highest BCUT2D eigenvalue weighted by Crippen LogP contribution is 2.38. The zero-order chi connectivity index (χ0) is 10.7. The first-order valence-corrected chi connectivity index (χ1v) is 6.95. The summed E-state index contributed by atoms with van der Waals surface area (Å²) < 4.78 is 1.16. The molecule has 0 saturated heterocycles. The molecular weight excluding hydrogens is 272 g/mol. The highest BCUT2D eigenvalue weighted by molar-refractivity contribution is 9.10. The molecule has 0 amide bonds. The zero-order valence-corrected chi connectivity index (χ0v) is 11.1. The van der Waals surface area contributed by atoms with Gasteiger partial charge in [0.25, 0.3) is 0 Å². The van der Waals surface area contributed by atoms with E-state index in [4.69, 9.17) is 11.6 Å². The van der Waals surface area contributed by atoms with E-state index in [0.29, 0.717) is 5.92 Å². The van der Waals surface area contributed by atoms with Gasteiger partial charge in [0, 0.05) is 16.3 Å². The third kappa shape index (κ3) is 2.76. The van der Waals surface area contributed by atoms with E-state index in [2.05, 4.69) is 40.2 Å². The summed E-state index contributed by atoms with van der Waals surface area (Å²) in [5.74, 6) is 2.10. The second-order valence-corrected chi connectivity index (χ2v) is 5.58.